The molecule has 0 aromatic heterocycles. The Kier molecular flexibility index (Phi) is 13.8. The highest BCUT2D eigenvalue weighted by atomic mass is 16.5. The Morgan fingerprint density at radius 3 is 2.29 bits per heavy atom. The van der Waals surface area contributed by atoms with Crippen LogP contribution >= 0.6 is 0 Å². The van der Waals surface area contributed by atoms with Crippen molar-refractivity contribution < 1.29 is 9.84 Å². The molecule has 1 rings (SSSR count). The van der Waals surface area contributed by atoms with Crippen molar-refractivity contribution in [3.05, 3.63) is 0 Å². The molecule has 3 heteroatoms. The topological polar surface area (TPSA) is 32.7 Å². The monoisotopic (exact) mass is 245 g/mol. The van der Waals surface area contributed by atoms with Crippen molar-refractivity contribution in [2.75, 3.05) is 39.5 Å². The third-order valence-corrected chi connectivity index (χ3v) is 2.95. The summed E-state index contributed by atoms with van der Waals surface area (Å²) < 4.78 is 5.56. The minimum absolute atomic E-state index is 0.313. The molecule has 0 aliphatic carbocycles. The van der Waals surface area contributed by atoms with E-state index in [-0.39, 0.29) is 0 Å². The van der Waals surface area contributed by atoms with Gasteiger partial charge in [0.25, 0.3) is 0 Å². The highest BCUT2D eigenvalue weighted by Crippen LogP contribution is 2.07. The summed E-state index contributed by atoms with van der Waals surface area (Å²) in [7, 11) is 0. The quantitative estimate of drug-likeness (QED) is 0.667. The molecule has 1 N–H and O–H groups in total. The normalized spacial score (nSPS) is 16.4. The Morgan fingerprint density at radius 2 is 1.65 bits per heavy atom. The molecule has 104 valence electrons. The molecule has 0 saturated carbocycles. The fourth-order valence-electron chi connectivity index (χ4n) is 1.97. The average Bonchev–Trinajstić information content (AvgIpc) is 2.41. The van der Waals surface area contributed by atoms with Crippen molar-refractivity contribution in [3.63, 3.8) is 0 Å². The van der Waals surface area contributed by atoms with Gasteiger partial charge in [-0.3, -0.25) is 0 Å². The van der Waals surface area contributed by atoms with Crippen molar-refractivity contribution in [1.29, 1.82) is 0 Å². The standard InChI is InChI=1S/C12H25NO2.C2H6/c14-10-5-2-6-11-15-12-9-13-7-3-1-4-8-13;1-2/h14H,1-12H2;1-2H3. The first-order valence-corrected chi connectivity index (χ1v) is 7.34. The zero-order chi connectivity index (χ0) is 12.8. The van der Waals surface area contributed by atoms with Gasteiger partial charge in [0.2, 0.25) is 0 Å². The molecule has 0 unspecified atom stereocenters. The molecular weight excluding hydrogens is 214 g/mol. The number of ether oxygens (including phenoxy) is 1. The van der Waals surface area contributed by atoms with E-state index in [1.807, 2.05) is 13.8 Å². The van der Waals surface area contributed by atoms with Crippen molar-refractivity contribution in [1.82, 2.24) is 4.90 Å². The molecule has 0 aromatic carbocycles. The first-order valence-electron chi connectivity index (χ1n) is 7.34. The molecule has 0 radical (unpaired) electrons. The molecule has 0 bridgehead atoms. The minimum Gasteiger partial charge on any atom is -0.396 e. The maximum Gasteiger partial charge on any atom is 0.0593 e. The number of likely N-dealkylation sites (tertiary alicyclic amines) is 1. The predicted molar refractivity (Wildman–Crippen MR) is 73.4 cm³/mol. The lowest BCUT2D eigenvalue weighted by atomic mass is 10.1. The van der Waals surface area contributed by atoms with Gasteiger partial charge in [-0.25, -0.2) is 0 Å². The lowest BCUT2D eigenvalue weighted by molar-refractivity contribution is 0.0931. The third kappa shape index (κ3) is 10.7. The highest BCUT2D eigenvalue weighted by Gasteiger charge is 2.08. The summed E-state index contributed by atoms with van der Waals surface area (Å²) in [6.07, 6.45) is 7.20. The summed E-state index contributed by atoms with van der Waals surface area (Å²) in [5.41, 5.74) is 0. The van der Waals surface area contributed by atoms with E-state index in [0.29, 0.717) is 6.61 Å². The van der Waals surface area contributed by atoms with Gasteiger partial charge in [-0.2, -0.15) is 0 Å². The number of rotatable bonds is 8. The molecule has 0 spiro atoms. The van der Waals surface area contributed by atoms with Crippen LogP contribution < -0.4 is 0 Å². The van der Waals surface area contributed by atoms with Crippen LogP contribution in [0.25, 0.3) is 0 Å². The van der Waals surface area contributed by atoms with Crippen LogP contribution in [0.1, 0.15) is 52.4 Å². The highest BCUT2D eigenvalue weighted by molar-refractivity contribution is 4.63. The fourth-order valence-corrected chi connectivity index (χ4v) is 1.97. The Bertz CT molecular complexity index is 136. The number of hydrogen-bond acceptors (Lipinski definition) is 3. The molecule has 1 heterocycles. The van der Waals surface area contributed by atoms with Gasteiger partial charge >= 0.3 is 0 Å². The van der Waals surface area contributed by atoms with Crippen LogP contribution in [0.5, 0.6) is 0 Å². The molecule has 0 aromatic rings. The first kappa shape index (κ1) is 16.9. The number of hydrogen-bond donors (Lipinski definition) is 1. The van der Waals surface area contributed by atoms with E-state index in [1.165, 1.54) is 32.4 Å². The number of aliphatic hydroxyl groups is 1. The van der Waals surface area contributed by atoms with Gasteiger partial charge in [-0.05, 0) is 45.2 Å². The number of nitrogens with zero attached hydrogens (tertiary/aromatic N) is 1. The SMILES string of the molecule is CC.OCCCCCOCCN1CCCCC1. The summed E-state index contributed by atoms with van der Waals surface area (Å²) in [5, 5.41) is 8.59. The van der Waals surface area contributed by atoms with Crippen LogP contribution in [0, 0.1) is 0 Å². The fraction of sp³-hybridized carbons (Fsp3) is 1.00. The summed E-state index contributed by atoms with van der Waals surface area (Å²) in [4.78, 5) is 2.50. The molecule has 3 nitrogen and oxygen atoms in total. The van der Waals surface area contributed by atoms with Crippen molar-refractivity contribution in [2.24, 2.45) is 0 Å². The maximum atomic E-state index is 8.59. The largest absolute Gasteiger partial charge is 0.396 e. The summed E-state index contributed by atoms with van der Waals surface area (Å²) in [6.45, 7) is 9.66. The van der Waals surface area contributed by atoms with Gasteiger partial charge in [-0.15, -0.1) is 0 Å². The van der Waals surface area contributed by atoms with Crippen LogP contribution in [0.15, 0.2) is 0 Å². The molecule has 0 atom stereocenters. The maximum absolute atomic E-state index is 8.59. The molecule has 1 fully saturated rings. The Labute approximate surface area is 107 Å². The lowest BCUT2D eigenvalue weighted by Gasteiger charge is -2.26. The Balaban J connectivity index is 0.00000121. The molecule has 1 aliphatic rings. The van der Waals surface area contributed by atoms with Gasteiger partial charge in [0, 0.05) is 19.8 Å². The van der Waals surface area contributed by atoms with Gasteiger partial charge in [0.05, 0.1) is 6.61 Å². The molecule has 0 amide bonds. The smallest absolute Gasteiger partial charge is 0.0593 e. The van der Waals surface area contributed by atoms with E-state index < -0.39 is 0 Å². The average molecular weight is 245 g/mol. The second kappa shape index (κ2) is 13.9. The van der Waals surface area contributed by atoms with Crippen LogP contribution in [0.3, 0.4) is 0 Å². The Hall–Kier alpha value is -0.120. The van der Waals surface area contributed by atoms with E-state index in [0.717, 1.165) is 39.0 Å². The van der Waals surface area contributed by atoms with Crippen molar-refractivity contribution >= 4 is 0 Å². The number of unbranched alkanes of at least 4 members (excludes halogenated alkanes) is 2. The summed E-state index contributed by atoms with van der Waals surface area (Å²) >= 11 is 0. The summed E-state index contributed by atoms with van der Waals surface area (Å²) in [6, 6.07) is 0. The number of aliphatic hydroxyl groups excluding tert-OH is 1. The molecule has 17 heavy (non-hydrogen) atoms. The second-order valence-corrected chi connectivity index (χ2v) is 4.30. The zero-order valence-electron chi connectivity index (χ0n) is 11.8. The second-order valence-electron chi connectivity index (χ2n) is 4.30. The van der Waals surface area contributed by atoms with Crippen LogP contribution in [-0.2, 0) is 4.74 Å². The lowest BCUT2D eigenvalue weighted by Crippen LogP contribution is -2.32. The van der Waals surface area contributed by atoms with Gasteiger partial charge in [0.15, 0.2) is 0 Å². The van der Waals surface area contributed by atoms with Crippen LogP contribution in [0.4, 0.5) is 0 Å². The van der Waals surface area contributed by atoms with Gasteiger partial charge in [-0.1, -0.05) is 20.3 Å². The number of piperidine rings is 1. The minimum atomic E-state index is 0.313. The van der Waals surface area contributed by atoms with E-state index in [2.05, 4.69) is 4.90 Å². The first-order chi connectivity index (χ1) is 8.43. The molecule has 1 saturated heterocycles. The van der Waals surface area contributed by atoms with Crippen LogP contribution in [-0.4, -0.2) is 49.5 Å². The van der Waals surface area contributed by atoms with Gasteiger partial charge in [0.1, 0.15) is 0 Å². The Morgan fingerprint density at radius 1 is 0.941 bits per heavy atom. The molecule has 1 aliphatic heterocycles. The van der Waals surface area contributed by atoms with Crippen molar-refractivity contribution in [3.8, 4) is 0 Å². The van der Waals surface area contributed by atoms with E-state index in [4.69, 9.17) is 9.84 Å². The van der Waals surface area contributed by atoms with E-state index in [1.54, 1.807) is 0 Å². The van der Waals surface area contributed by atoms with E-state index in [9.17, 15) is 0 Å². The predicted octanol–water partition coefficient (Wildman–Crippen LogP) is 2.68. The van der Waals surface area contributed by atoms with E-state index >= 15 is 0 Å². The van der Waals surface area contributed by atoms with Crippen LogP contribution in [0.2, 0.25) is 0 Å². The zero-order valence-corrected chi connectivity index (χ0v) is 11.8. The van der Waals surface area contributed by atoms with Gasteiger partial charge < -0.3 is 14.7 Å². The summed E-state index contributed by atoms with van der Waals surface area (Å²) in [5.74, 6) is 0. The van der Waals surface area contributed by atoms with Crippen molar-refractivity contribution in [2.45, 2.75) is 52.4 Å². The third-order valence-electron chi connectivity index (χ3n) is 2.95. The molecular formula is C14H31NO2.